The highest BCUT2D eigenvalue weighted by Crippen LogP contribution is 2.25. The summed E-state index contributed by atoms with van der Waals surface area (Å²) in [7, 11) is 1.54. The minimum Gasteiger partial charge on any atom is -0.492 e. The van der Waals surface area contributed by atoms with Gasteiger partial charge in [0.15, 0.2) is 0 Å². The van der Waals surface area contributed by atoms with Gasteiger partial charge in [-0.15, -0.1) is 0 Å². The average molecular weight is 330 g/mol. The smallest absolute Gasteiger partial charge is 0.314 e. The number of nitrogens with zero attached hydrogens (tertiary/aromatic N) is 1. The van der Waals surface area contributed by atoms with Crippen molar-refractivity contribution < 1.29 is 18.7 Å². The van der Waals surface area contributed by atoms with Crippen molar-refractivity contribution in [2.45, 2.75) is 13.5 Å². The molecular formula is C18H19FN2O3. The van der Waals surface area contributed by atoms with E-state index in [1.54, 1.807) is 14.0 Å². The zero-order chi connectivity index (χ0) is 17.5. The van der Waals surface area contributed by atoms with Crippen LogP contribution in [0.25, 0.3) is 0 Å². The van der Waals surface area contributed by atoms with Gasteiger partial charge in [0.2, 0.25) is 0 Å². The molecule has 0 atom stereocenters. The van der Waals surface area contributed by atoms with Crippen molar-refractivity contribution in [3.05, 3.63) is 59.9 Å². The van der Waals surface area contributed by atoms with E-state index in [9.17, 15) is 14.0 Å². The molecule has 0 bridgehead atoms. The molecule has 0 saturated carbocycles. The number of likely N-dealkylation sites (N-methyl/N-ethyl adjacent to an activating group) is 1. The van der Waals surface area contributed by atoms with Crippen molar-refractivity contribution in [2.24, 2.45) is 0 Å². The lowest BCUT2D eigenvalue weighted by molar-refractivity contribution is -0.142. The van der Waals surface area contributed by atoms with E-state index in [0.29, 0.717) is 13.2 Å². The van der Waals surface area contributed by atoms with E-state index in [0.717, 1.165) is 11.6 Å². The molecule has 2 rings (SSSR count). The number of hydrogen-bond acceptors (Lipinski definition) is 3. The number of benzene rings is 2. The highest BCUT2D eigenvalue weighted by atomic mass is 19.1. The SMILES string of the molecule is CCOc1cc(F)ccc1NC(=O)C(=O)N(C)Cc1ccccc1. The number of rotatable bonds is 5. The van der Waals surface area contributed by atoms with E-state index in [2.05, 4.69) is 5.32 Å². The molecule has 0 aliphatic carbocycles. The van der Waals surface area contributed by atoms with Crippen LogP contribution >= 0.6 is 0 Å². The molecule has 0 heterocycles. The maximum absolute atomic E-state index is 13.3. The molecule has 24 heavy (non-hydrogen) atoms. The Morgan fingerprint density at radius 2 is 1.88 bits per heavy atom. The van der Waals surface area contributed by atoms with Crippen LogP contribution in [0.15, 0.2) is 48.5 Å². The predicted octanol–water partition coefficient (Wildman–Crippen LogP) is 2.82. The Bertz CT molecular complexity index is 719. The third-order valence-electron chi connectivity index (χ3n) is 3.30. The molecule has 5 nitrogen and oxygen atoms in total. The maximum atomic E-state index is 13.3. The molecule has 0 unspecified atom stereocenters. The van der Waals surface area contributed by atoms with Gasteiger partial charge in [-0.1, -0.05) is 30.3 Å². The number of nitrogens with one attached hydrogen (secondary N) is 1. The normalized spacial score (nSPS) is 10.1. The second-order valence-electron chi connectivity index (χ2n) is 5.17. The highest BCUT2D eigenvalue weighted by molar-refractivity contribution is 6.39. The van der Waals surface area contributed by atoms with Crippen molar-refractivity contribution in [3.8, 4) is 5.75 Å². The molecule has 2 aromatic carbocycles. The van der Waals surface area contributed by atoms with Crippen LogP contribution in [0, 0.1) is 5.82 Å². The number of carbonyl (C=O) groups is 2. The third-order valence-corrected chi connectivity index (χ3v) is 3.30. The monoisotopic (exact) mass is 330 g/mol. The summed E-state index contributed by atoms with van der Waals surface area (Å²) in [5.74, 6) is -1.79. The summed E-state index contributed by atoms with van der Waals surface area (Å²) < 4.78 is 18.5. The number of carbonyl (C=O) groups excluding carboxylic acids is 2. The van der Waals surface area contributed by atoms with Crippen LogP contribution in [-0.2, 0) is 16.1 Å². The van der Waals surface area contributed by atoms with Gasteiger partial charge in [-0.2, -0.15) is 0 Å². The molecule has 0 aliphatic heterocycles. The minimum atomic E-state index is -0.805. The van der Waals surface area contributed by atoms with Crippen molar-refractivity contribution in [3.63, 3.8) is 0 Å². The molecule has 2 aromatic rings. The number of anilines is 1. The van der Waals surface area contributed by atoms with Gasteiger partial charge < -0.3 is 15.0 Å². The van der Waals surface area contributed by atoms with Crippen LogP contribution in [0.4, 0.5) is 10.1 Å². The average Bonchev–Trinajstić information content (AvgIpc) is 2.57. The third kappa shape index (κ3) is 4.55. The van der Waals surface area contributed by atoms with Gasteiger partial charge in [0, 0.05) is 19.7 Å². The Morgan fingerprint density at radius 3 is 2.54 bits per heavy atom. The minimum absolute atomic E-state index is 0.185. The molecule has 0 radical (unpaired) electrons. The molecule has 126 valence electrons. The second kappa shape index (κ2) is 8.10. The van der Waals surface area contributed by atoms with E-state index < -0.39 is 17.6 Å². The standard InChI is InChI=1S/C18H19FN2O3/c1-3-24-16-11-14(19)9-10-15(16)20-17(22)18(23)21(2)12-13-7-5-4-6-8-13/h4-11H,3,12H2,1-2H3,(H,20,22). The number of ether oxygens (including phenoxy) is 1. The first-order valence-corrected chi connectivity index (χ1v) is 7.54. The van der Waals surface area contributed by atoms with Gasteiger partial charge >= 0.3 is 11.8 Å². The van der Waals surface area contributed by atoms with E-state index in [1.165, 1.54) is 17.0 Å². The van der Waals surface area contributed by atoms with Gasteiger partial charge in [0.25, 0.3) is 0 Å². The van der Waals surface area contributed by atoms with Crippen LogP contribution in [0.1, 0.15) is 12.5 Å². The molecule has 0 fully saturated rings. The molecule has 0 spiro atoms. The summed E-state index contributed by atoms with van der Waals surface area (Å²) in [5, 5.41) is 2.47. The zero-order valence-corrected chi connectivity index (χ0v) is 13.6. The maximum Gasteiger partial charge on any atom is 0.314 e. The first-order chi connectivity index (χ1) is 11.5. The fourth-order valence-electron chi connectivity index (χ4n) is 2.15. The lowest BCUT2D eigenvalue weighted by Crippen LogP contribution is -2.36. The quantitative estimate of drug-likeness (QED) is 0.858. The van der Waals surface area contributed by atoms with Crippen molar-refractivity contribution in [2.75, 3.05) is 19.0 Å². The van der Waals surface area contributed by atoms with Crippen molar-refractivity contribution in [1.82, 2.24) is 4.90 Å². The Labute approximate surface area is 140 Å². The molecule has 0 aromatic heterocycles. The Hall–Kier alpha value is -2.89. The van der Waals surface area contributed by atoms with Crippen LogP contribution < -0.4 is 10.1 Å². The predicted molar refractivity (Wildman–Crippen MR) is 89.1 cm³/mol. The van der Waals surface area contributed by atoms with Crippen LogP contribution in [0.2, 0.25) is 0 Å². The Kier molecular flexibility index (Phi) is 5.89. The molecule has 0 aliphatic rings. The summed E-state index contributed by atoms with van der Waals surface area (Å²) in [5.41, 5.74) is 1.17. The fraction of sp³-hybridized carbons (Fsp3) is 0.222. The van der Waals surface area contributed by atoms with Crippen molar-refractivity contribution >= 4 is 17.5 Å². The molecular weight excluding hydrogens is 311 g/mol. The van der Waals surface area contributed by atoms with Crippen LogP contribution in [0.5, 0.6) is 5.75 Å². The lowest BCUT2D eigenvalue weighted by Gasteiger charge is -2.17. The van der Waals surface area contributed by atoms with Gasteiger partial charge in [0.1, 0.15) is 11.6 Å². The first-order valence-electron chi connectivity index (χ1n) is 7.54. The Balaban J connectivity index is 2.05. The molecule has 6 heteroatoms. The van der Waals surface area contributed by atoms with Crippen LogP contribution in [0.3, 0.4) is 0 Å². The van der Waals surface area contributed by atoms with Gasteiger partial charge in [0.05, 0.1) is 12.3 Å². The summed E-state index contributed by atoms with van der Waals surface area (Å²) in [6.45, 7) is 2.37. The van der Waals surface area contributed by atoms with E-state index in [1.807, 2.05) is 30.3 Å². The molecule has 0 saturated heterocycles. The van der Waals surface area contributed by atoms with E-state index in [4.69, 9.17) is 4.74 Å². The van der Waals surface area contributed by atoms with Crippen LogP contribution in [-0.4, -0.2) is 30.4 Å². The summed E-state index contributed by atoms with van der Waals surface area (Å²) in [4.78, 5) is 25.6. The molecule has 2 amide bonds. The topological polar surface area (TPSA) is 58.6 Å². The van der Waals surface area contributed by atoms with Gasteiger partial charge in [-0.25, -0.2) is 4.39 Å². The largest absolute Gasteiger partial charge is 0.492 e. The molecule has 1 N–H and O–H groups in total. The van der Waals surface area contributed by atoms with Gasteiger partial charge in [-0.3, -0.25) is 9.59 Å². The van der Waals surface area contributed by atoms with E-state index in [-0.39, 0.29) is 11.4 Å². The summed E-state index contributed by atoms with van der Waals surface area (Å²) >= 11 is 0. The number of halogens is 1. The van der Waals surface area contributed by atoms with Gasteiger partial charge in [-0.05, 0) is 24.6 Å². The highest BCUT2D eigenvalue weighted by Gasteiger charge is 2.20. The summed E-state index contributed by atoms with van der Waals surface area (Å²) in [6, 6.07) is 13.1. The zero-order valence-electron chi connectivity index (χ0n) is 13.6. The Morgan fingerprint density at radius 1 is 1.17 bits per heavy atom. The summed E-state index contributed by atoms with van der Waals surface area (Å²) in [6.07, 6.45) is 0. The fourth-order valence-corrected chi connectivity index (χ4v) is 2.15. The second-order valence-corrected chi connectivity index (χ2v) is 5.17. The van der Waals surface area contributed by atoms with E-state index >= 15 is 0 Å². The first kappa shape index (κ1) is 17.5. The number of hydrogen-bond donors (Lipinski definition) is 1. The van der Waals surface area contributed by atoms with Crippen molar-refractivity contribution in [1.29, 1.82) is 0 Å². The number of amides is 2. The lowest BCUT2D eigenvalue weighted by atomic mass is 10.2.